The number of nitrogens with zero attached hydrogens (tertiary/aromatic N) is 3. The maximum atomic E-state index is 14.3. The number of aliphatic hydroxyl groups is 1. The first-order chi connectivity index (χ1) is 17.3. The molecule has 2 aromatic carbocycles. The fourth-order valence-corrected chi connectivity index (χ4v) is 5.25. The standard InChI is InChI=1S/C27H29N3O6/c1-4-11-29-19-8-6-5-7-18(19)27(26(29)34)22(24(32)25(33)30(27)13-12-28(2)3)23(31)17-9-10-20-21(16-17)36-15-14-35-20/h5-10,16,31H,4,11-15H2,1-3H3/b23-22-. The van der Waals surface area contributed by atoms with E-state index in [1.807, 2.05) is 38.1 Å². The van der Waals surface area contributed by atoms with Gasteiger partial charge in [-0.25, -0.2) is 0 Å². The van der Waals surface area contributed by atoms with Gasteiger partial charge in [-0.2, -0.15) is 0 Å². The summed E-state index contributed by atoms with van der Waals surface area (Å²) in [6.07, 6.45) is 0.683. The van der Waals surface area contributed by atoms with E-state index in [0.717, 1.165) is 0 Å². The van der Waals surface area contributed by atoms with Crippen LogP contribution in [0.5, 0.6) is 11.5 Å². The predicted octanol–water partition coefficient (Wildman–Crippen LogP) is 2.35. The first kappa shape index (κ1) is 23.9. The Morgan fingerprint density at radius 1 is 1.03 bits per heavy atom. The zero-order valence-corrected chi connectivity index (χ0v) is 20.6. The molecule has 1 spiro atoms. The van der Waals surface area contributed by atoms with Crippen LogP contribution in [0, 0.1) is 0 Å². The van der Waals surface area contributed by atoms with Crippen molar-refractivity contribution >= 4 is 29.0 Å². The van der Waals surface area contributed by atoms with Gasteiger partial charge in [-0.15, -0.1) is 0 Å². The Balaban J connectivity index is 1.77. The van der Waals surface area contributed by atoms with Gasteiger partial charge in [0.2, 0.25) is 0 Å². The number of carbonyl (C=O) groups excluding carboxylic acids is 3. The number of hydrogen-bond donors (Lipinski definition) is 1. The molecule has 3 heterocycles. The number of rotatable bonds is 6. The molecular formula is C27H29N3O6. The second-order valence-corrected chi connectivity index (χ2v) is 9.36. The Morgan fingerprint density at radius 2 is 1.75 bits per heavy atom. The second kappa shape index (κ2) is 8.98. The van der Waals surface area contributed by atoms with Gasteiger partial charge in [-0.3, -0.25) is 14.4 Å². The van der Waals surface area contributed by atoms with Gasteiger partial charge in [0.1, 0.15) is 19.0 Å². The summed E-state index contributed by atoms with van der Waals surface area (Å²) in [6.45, 7) is 3.70. The number of carbonyl (C=O) groups is 3. The molecule has 1 atom stereocenters. The van der Waals surface area contributed by atoms with Crippen molar-refractivity contribution in [1.29, 1.82) is 0 Å². The summed E-state index contributed by atoms with van der Waals surface area (Å²) in [5.74, 6) is -1.58. The van der Waals surface area contributed by atoms with Crippen molar-refractivity contribution in [1.82, 2.24) is 9.80 Å². The van der Waals surface area contributed by atoms with E-state index >= 15 is 0 Å². The average Bonchev–Trinajstić information content (AvgIpc) is 3.25. The predicted molar refractivity (Wildman–Crippen MR) is 133 cm³/mol. The van der Waals surface area contributed by atoms with E-state index in [0.29, 0.717) is 55.5 Å². The highest BCUT2D eigenvalue weighted by molar-refractivity contribution is 6.50. The number of Topliss-reactive ketones (excluding diaryl/α,β-unsaturated/α-hetero) is 1. The summed E-state index contributed by atoms with van der Waals surface area (Å²) in [5.41, 5.74) is -0.565. The minimum Gasteiger partial charge on any atom is -0.507 e. The van der Waals surface area contributed by atoms with Crippen LogP contribution in [0.4, 0.5) is 5.69 Å². The molecule has 0 bridgehead atoms. The normalized spacial score (nSPS) is 22.2. The number of likely N-dealkylation sites (N-methyl/N-ethyl adjacent to an activating group) is 1. The molecule has 2 amide bonds. The van der Waals surface area contributed by atoms with Gasteiger partial charge in [0.05, 0.1) is 11.3 Å². The van der Waals surface area contributed by atoms with E-state index in [1.165, 1.54) is 4.90 Å². The summed E-state index contributed by atoms with van der Waals surface area (Å²) in [4.78, 5) is 46.2. The first-order valence-electron chi connectivity index (χ1n) is 12.1. The highest BCUT2D eigenvalue weighted by Crippen LogP contribution is 2.53. The molecule has 9 nitrogen and oxygen atoms in total. The summed E-state index contributed by atoms with van der Waals surface area (Å²) in [7, 11) is 3.71. The molecule has 1 N–H and O–H groups in total. The fourth-order valence-electron chi connectivity index (χ4n) is 5.25. The van der Waals surface area contributed by atoms with Crippen molar-refractivity contribution in [2.45, 2.75) is 18.9 Å². The minimum absolute atomic E-state index is 0.134. The smallest absolute Gasteiger partial charge is 0.296 e. The second-order valence-electron chi connectivity index (χ2n) is 9.36. The van der Waals surface area contributed by atoms with Crippen LogP contribution in [-0.2, 0) is 19.9 Å². The van der Waals surface area contributed by atoms with Crippen LogP contribution in [0.25, 0.3) is 5.76 Å². The van der Waals surface area contributed by atoms with E-state index in [-0.39, 0.29) is 17.7 Å². The molecule has 5 rings (SSSR count). The van der Waals surface area contributed by atoms with Crippen LogP contribution in [0.15, 0.2) is 48.0 Å². The molecule has 0 aromatic heterocycles. The maximum absolute atomic E-state index is 14.3. The lowest BCUT2D eigenvalue weighted by molar-refractivity contribution is -0.143. The first-order valence-corrected chi connectivity index (χ1v) is 12.1. The third kappa shape index (κ3) is 3.37. The zero-order valence-electron chi connectivity index (χ0n) is 20.6. The molecule has 0 radical (unpaired) electrons. The molecule has 2 aromatic rings. The minimum atomic E-state index is -1.76. The Hall–Kier alpha value is -3.85. The summed E-state index contributed by atoms with van der Waals surface area (Å²) < 4.78 is 11.2. The Labute approximate surface area is 209 Å². The number of ether oxygens (including phenoxy) is 2. The number of para-hydroxylation sites is 1. The lowest BCUT2D eigenvalue weighted by atomic mass is 9.82. The van der Waals surface area contributed by atoms with Crippen LogP contribution in [0.2, 0.25) is 0 Å². The van der Waals surface area contributed by atoms with Gasteiger partial charge in [-0.05, 0) is 44.8 Å². The number of anilines is 1. The molecule has 1 saturated heterocycles. The van der Waals surface area contributed by atoms with Crippen LogP contribution in [0.1, 0.15) is 24.5 Å². The van der Waals surface area contributed by atoms with E-state index in [9.17, 15) is 19.5 Å². The Morgan fingerprint density at radius 3 is 2.47 bits per heavy atom. The third-order valence-electron chi connectivity index (χ3n) is 6.84. The van der Waals surface area contributed by atoms with Crippen molar-refractivity contribution < 1.29 is 29.0 Å². The summed E-state index contributed by atoms with van der Waals surface area (Å²) >= 11 is 0. The molecule has 9 heteroatoms. The van der Waals surface area contributed by atoms with Crippen molar-refractivity contribution in [2.24, 2.45) is 0 Å². The number of fused-ring (bicyclic) bond motifs is 3. The van der Waals surface area contributed by atoms with E-state index in [4.69, 9.17) is 9.47 Å². The number of aliphatic hydroxyl groups excluding tert-OH is 1. The molecule has 0 aliphatic carbocycles. The van der Waals surface area contributed by atoms with Gasteiger partial charge in [0.15, 0.2) is 17.0 Å². The molecule has 1 fully saturated rings. The Kier molecular flexibility index (Phi) is 5.96. The van der Waals surface area contributed by atoms with Gasteiger partial charge in [0.25, 0.3) is 17.6 Å². The van der Waals surface area contributed by atoms with Crippen molar-refractivity contribution in [3.63, 3.8) is 0 Å². The zero-order chi connectivity index (χ0) is 25.6. The van der Waals surface area contributed by atoms with E-state index in [2.05, 4.69) is 0 Å². The van der Waals surface area contributed by atoms with Gasteiger partial charge in [-0.1, -0.05) is 25.1 Å². The van der Waals surface area contributed by atoms with Crippen LogP contribution >= 0.6 is 0 Å². The highest BCUT2D eigenvalue weighted by atomic mass is 16.6. The lowest BCUT2D eigenvalue weighted by Gasteiger charge is -2.35. The quantitative estimate of drug-likeness (QED) is 0.376. The van der Waals surface area contributed by atoms with Gasteiger partial charge >= 0.3 is 0 Å². The molecule has 3 aliphatic rings. The molecule has 1 unspecified atom stereocenters. The molecule has 3 aliphatic heterocycles. The molecular weight excluding hydrogens is 462 g/mol. The number of amides is 2. The van der Waals surface area contributed by atoms with Crippen LogP contribution in [0.3, 0.4) is 0 Å². The maximum Gasteiger partial charge on any atom is 0.296 e. The topological polar surface area (TPSA) is 99.6 Å². The fraction of sp³-hybridized carbons (Fsp3) is 0.370. The van der Waals surface area contributed by atoms with Crippen LogP contribution < -0.4 is 14.4 Å². The van der Waals surface area contributed by atoms with E-state index in [1.54, 1.807) is 35.2 Å². The monoisotopic (exact) mass is 491 g/mol. The molecule has 0 saturated carbocycles. The van der Waals surface area contributed by atoms with E-state index < -0.39 is 28.9 Å². The average molecular weight is 492 g/mol. The van der Waals surface area contributed by atoms with Gasteiger partial charge < -0.3 is 29.3 Å². The molecule has 188 valence electrons. The number of ketones is 1. The van der Waals surface area contributed by atoms with Gasteiger partial charge in [0, 0.05) is 30.8 Å². The number of benzene rings is 2. The largest absolute Gasteiger partial charge is 0.507 e. The number of hydrogen-bond acceptors (Lipinski definition) is 7. The summed E-state index contributed by atoms with van der Waals surface area (Å²) in [5, 5.41) is 11.6. The molecule has 36 heavy (non-hydrogen) atoms. The lowest BCUT2D eigenvalue weighted by Crippen LogP contribution is -2.53. The Bertz CT molecular complexity index is 1290. The number of likely N-dealkylation sites (tertiary alicyclic amines) is 1. The SMILES string of the molecule is CCCN1C(=O)C2(/C(=C(\O)c3ccc4c(c3)OCCO4)C(=O)C(=O)N2CCN(C)C)c2ccccc21. The summed E-state index contributed by atoms with van der Waals surface area (Å²) in [6, 6.07) is 12.0. The third-order valence-corrected chi connectivity index (χ3v) is 6.84. The van der Waals surface area contributed by atoms with Crippen molar-refractivity contribution in [2.75, 3.05) is 51.8 Å². The van der Waals surface area contributed by atoms with Crippen molar-refractivity contribution in [3.05, 3.63) is 59.2 Å². The van der Waals surface area contributed by atoms with Crippen LogP contribution in [-0.4, -0.2) is 79.4 Å². The highest BCUT2D eigenvalue weighted by Gasteiger charge is 2.66. The van der Waals surface area contributed by atoms with Crippen molar-refractivity contribution in [3.8, 4) is 11.5 Å².